The van der Waals surface area contributed by atoms with Gasteiger partial charge in [0.25, 0.3) is 0 Å². The van der Waals surface area contributed by atoms with E-state index in [2.05, 4.69) is 10.4 Å². The van der Waals surface area contributed by atoms with E-state index < -0.39 is 0 Å². The van der Waals surface area contributed by atoms with Gasteiger partial charge in [-0.3, -0.25) is 0 Å². The Balaban J connectivity index is 2.16. The van der Waals surface area contributed by atoms with Gasteiger partial charge in [-0.1, -0.05) is 29.3 Å². The molecule has 0 spiro atoms. The molecule has 5 heteroatoms. The maximum atomic E-state index is 6.31. The van der Waals surface area contributed by atoms with E-state index in [4.69, 9.17) is 23.2 Å². The lowest BCUT2D eigenvalue weighted by Crippen LogP contribution is -2.18. The van der Waals surface area contributed by atoms with Crippen molar-refractivity contribution >= 4 is 28.7 Å². The molecule has 1 atom stereocenters. The van der Waals surface area contributed by atoms with E-state index >= 15 is 0 Å². The van der Waals surface area contributed by atoms with Crippen LogP contribution < -0.4 is 5.32 Å². The van der Waals surface area contributed by atoms with Gasteiger partial charge in [0.05, 0.1) is 17.8 Å². The molecule has 2 aromatic heterocycles. The fraction of sp³-hybridized carbons (Fsp3) is 0.133. The fourth-order valence-corrected chi connectivity index (χ4v) is 2.80. The summed E-state index contributed by atoms with van der Waals surface area (Å²) in [5.41, 5.74) is 3.06. The second-order valence-electron chi connectivity index (χ2n) is 4.52. The third-order valence-electron chi connectivity index (χ3n) is 3.33. The van der Waals surface area contributed by atoms with Crippen LogP contribution in [0.2, 0.25) is 10.0 Å². The zero-order chi connectivity index (χ0) is 14.1. The number of halogens is 2. The minimum Gasteiger partial charge on any atom is -0.309 e. The predicted molar refractivity (Wildman–Crippen MR) is 82.6 cm³/mol. The largest absolute Gasteiger partial charge is 0.309 e. The monoisotopic (exact) mass is 305 g/mol. The second-order valence-corrected chi connectivity index (χ2v) is 5.36. The summed E-state index contributed by atoms with van der Waals surface area (Å²) in [6.07, 6.45) is 3.78. The summed E-state index contributed by atoms with van der Waals surface area (Å²) in [5, 5.41) is 9.00. The predicted octanol–water partition coefficient (Wildman–Crippen LogP) is 3.95. The average molecular weight is 306 g/mol. The van der Waals surface area contributed by atoms with Crippen molar-refractivity contribution < 1.29 is 0 Å². The lowest BCUT2D eigenvalue weighted by atomic mass is 10.00. The molecule has 3 aromatic rings. The summed E-state index contributed by atoms with van der Waals surface area (Å²) in [5.74, 6) is 0. The Kier molecular flexibility index (Phi) is 3.66. The highest BCUT2D eigenvalue weighted by Crippen LogP contribution is 2.32. The summed E-state index contributed by atoms with van der Waals surface area (Å²) in [4.78, 5) is 0. The molecule has 3 nitrogen and oxygen atoms in total. The summed E-state index contributed by atoms with van der Waals surface area (Å²) in [6.45, 7) is 0. The first-order chi connectivity index (χ1) is 9.70. The number of pyridine rings is 1. The quantitative estimate of drug-likeness (QED) is 0.794. The number of nitrogens with one attached hydrogen (secondary N) is 1. The average Bonchev–Trinajstić information content (AvgIpc) is 2.88. The molecule has 0 saturated carbocycles. The van der Waals surface area contributed by atoms with Crippen LogP contribution >= 0.6 is 23.2 Å². The number of fused-ring (bicyclic) bond motifs is 1. The van der Waals surface area contributed by atoms with E-state index in [1.807, 2.05) is 54.3 Å². The number of hydrogen-bond donors (Lipinski definition) is 1. The number of rotatable bonds is 3. The Morgan fingerprint density at radius 2 is 2.00 bits per heavy atom. The Morgan fingerprint density at radius 3 is 2.80 bits per heavy atom. The summed E-state index contributed by atoms with van der Waals surface area (Å²) < 4.78 is 1.85. The van der Waals surface area contributed by atoms with Gasteiger partial charge in [0.15, 0.2) is 0 Å². The molecule has 1 N–H and O–H groups in total. The molecule has 0 bridgehead atoms. The van der Waals surface area contributed by atoms with Gasteiger partial charge >= 0.3 is 0 Å². The fourth-order valence-electron chi connectivity index (χ4n) is 2.39. The highest BCUT2D eigenvalue weighted by molar-refractivity contribution is 6.33. The zero-order valence-electron chi connectivity index (χ0n) is 10.8. The molecule has 0 aliphatic rings. The van der Waals surface area contributed by atoms with E-state index in [1.165, 1.54) is 0 Å². The SMILES string of the molecule is CNC(c1cc(Cl)ccc1Cl)c1cnn2ccccc12. The van der Waals surface area contributed by atoms with Crippen molar-refractivity contribution in [2.24, 2.45) is 0 Å². The van der Waals surface area contributed by atoms with Crippen LogP contribution in [0.4, 0.5) is 0 Å². The van der Waals surface area contributed by atoms with E-state index in [1.54, 1.807) is 6.07 Å². The summed E-state index contributed by atoms with van der Waals surface area (Å²) in [7, 11) is 1.90. The van der Waals surface area contributed by atoms with E-state index in [-0.39, 0.29) is 6.04 Å². The van der Waals surface area contributed by atoms with Crippen molar-refractivity contribution in [3.63, 3.8) is 0 Å². The summed E-state index contributed by atoms with van der Waals surface area (Å²) in [6, 6.07) is 11.4. The zero-order valence-corrected chi connectivity index (χ0v) is 12.4. The van der Waals surface area contributed by atoms with Gasteiger partial charge < -0.3 is 5.32 Å². The van der Waals surface area contributed by atoms with E-state index in [9.17, 15) is 0 Å². The molecule has 0 radical (unpaired) electrons. The molecule has 0 amide bonds. The number of benzene rings is 1. The van der Waals surface area contributed by atoms with Crippen molar-refractivity contribution in [3.8, 4) is 0 Å². The van der Waals surface area contributed by atoms with Crippen LogP contribution in [-0.4, -0.2) is 16.7 Å². The molecule has 0 aliphatic carbocycles. The van der Waals surface area contributed by atoms with Crippen LogP contribution in [0.1, 0.15) is 17.2 Å². The smallest absolute Gasteiger partial charge is 0.0712 e. The minimum atomic E-state index is -0.0545. The highest BCUT2D eigenvalue weighted by atomic mass is 35.5. The van der Waals surface area contributed by atoms with Gasteiger partial charge in [-0.2, -0.15) is 5.10 Å². The Morgan fingerprint density at radius 1 is 1.15 bits per heavy atom. The highest BCUT2D eigenvalue weighted by Gasteiger charge is 2.19. The first-order valence-corrected chi connectivity index (χ1v) is 7.01. The van der Waals surface area contributed by atoms with Gasteiger partial charge in [0.1, 0.15) is 0 Å². The van der Waals surface area contributed by atoms with Gasteiger partial charge in [-0.05, 0) is 42.9 Å². The van der Waals surface area contributed by atoms with Crippen LogP contribution in [0, 0.1) is 0 Å². The molecule has 0 aliphatic heterocycles. The van der Waals surface area contributed by atoms with Gasteiger partial charge in [0, 0.05) is 21.8 Å². The van der Waals surface area contributed by atoms with Crippen molar-refractivity contribution in [1.82, 2.24) is 14.9 Å². The minimum absolute atomic E-state index is 0.0545. The molecule has 1 unspecified atom stereocenters. The Bertz CT molecular complexity index is 752. The van der Waals surface area contributed by atoms with Gasteiger partial charge in [0.2, 0.25) is 0 Å². The van der Waals surface area contributed by atoms with Crippen LogP contribution in [-0.2, 0) is 0 Å². The van der Waals surface area contributed by atoms with E-state index in [0.717, 1.165) is 16.6 Å². The molecule has 20 heavy (non-hydrogen) atoms. The van der Waals surface area contributed by atoms with E-state index in [0.29, 0.717) is 10.0 Å². The molecule has 0 fully saturated rings. The number of aromatic nitrogens is 2. The standard InChI is InChI=1S/C15H13Cl2N3/c1-18-15(11-8-10(16)5-6-13(11)17)12-9-19-20-7-3-2-4-14(12)20/h2-9,15,18H,1H3. The number of nitrogens with zero attached hydrogens (tertiary/aromatic N) is 2. The normalized spacial score (nSPS) is 12.8. The second kappa shape index (κ2) is 5.44. The van der Waals surface area contributed by atoms with Gasteiger partial charge in [-0.25, -0.2) is 4.52 Å². The van der Waals surface area contributed by atoms with Crippen LogP contribution in [0.25, 0.3) is 5.52 Å². The first kappa shape index (κ1) is 13.4. The molecule has 2 heterocycles. The van der Waals surface area contributed by atoms with Crippen LogP contribution in [0.5, 0.6) is 0 Å². The molecular weight excluding hydrogens is 293 g/mol. The Labute approximate surface area is 127 Å². The summed E-state index contributed by atoms with van der Waals surface area (Å²) >= 11 is 12.4. The maximum absolute atomic E-state index is 6.31. The van der Waals surface area contributed by atoms with Crippen LogP contribution in [0.15, 0.2) is 48.8 Å². The maximum Gasteiger partial charge on any atom is 0.0712 e. The Hall–Kier alpha value is -1.55. The topological polar surface area (TPSA) is 29.3 Å². The van der Waals surface area contributed by atoms with Crippen molar-refractivity contribution in [2.75, 3.05) is 7.05 Å². The lowest BCUT2D eigenvalue weighted by molar-refractivity contribution is 0.697. The molecule has 1 aromatic carbocycles. The third kappa shape index (κ3) is 2.29. The lowest BCUT2D eigenvalue weighted by Gasteiger charge is -2.17. The van der Waals surface area contributed by atoms with Crippen molar-refractivity contribution in [3.05, 3.63) is 70.0 Å². The molecule has 0 saturated heterocycles. The van der Waals surface area contributed by atoms with Gasteiger partial charge in [-0.15, -0.1) is 0 Å². The molecule has 102 valence electrons. The number of hydrogen-bond acceptors (Lipinski definition) is 2. The molecular formula is C15H13Cl2N3. The molecule has 3 rings (SSSR count). The van der Waals surface area contributed by atoms with Crippen molar-refractivity contribution in [1.29, 1.82) is 0 Å². The van der Waals surface area contributed by atoms with Crippen LogP contribution in [0.3, 0.4) is 0 Å². The first-order valence-electron chi connectivity index (χ1n) is 6.25. The van der Waals surface area contributed by atoms with Crippen molar-refractivity contribution in [2.45, 2.75) is 6.04 Å². The third-order valence-corrected chi connectivity index (χ3v) is 3.90.